The molecule has 2 saturated heterocycles. The molecule has 4 rings (SSSR count). The van der Waals surface area contributed by atoms with E-state index in [2.05, 4.69) is 15.0 Å². The molecule has 34 heavy (non-hydrogen) atoms. The van der Waals surface area contributed by atoms with E-state index in [1.807, 2.05) is 0 Å². The van der Waals surface area contributed by atoms with Gasteiger partial charge in [0.05, 0.1) is 19.3 Å². The van der Waals surface area contributed by atoms with Crippen LogP contribution in [0.4, 0.5) is 5.82 Å². The molecule has 0 bridgehead atoms. The molecule has 2 aromatic rings. The van der Waals surface area contributed by atoms with Gasteiger partial charge in [-0.15, -0.1) is 0 Å². The van der Waals surface area contributed by atoms with Gasteiger partial charge in [0.2, 0.25) is 5.72 Å². The molecule has 16 heteroatoms. The fraction of sp³-hybridized carbons (Fsp3) is 0.444. The Morgan fingerprint density at radius 3 is 2.94 bits per heavy atom. The number of hydrogen-bond acceptors (Lipinski definition) is 11. The van der Waals surface area contributed by atoms with Crippen molar-refractivity contribution in [1.82, 2.24) is 9.55 Å². The summed E-state index contributed by atoms with van der Waals surface area (Å²) in [6.45, 7) is -0.813. The zero-order valence-corrected chi connectivity index (χ0v) is 19.0. The number of phosphoric acid groups is 1. The second kappa shape index (κ2) is 9.62. The molecule has 0 spiro atoms. The standard InChI is InChI=1S/C18H20ClN6O8P/c19-11-3-1-2-10(8-11)12-5-7-30-34(29,33-12)31-9-18(23-24-21)15(27)14(26)16(32-18)25-6-4-13(20)22-17(25)28/h1-4,6,8,12,14-16,26-27H,5,7,9H2,(H2,20,22,28)/t12-,14+,15-,16+,18+,34?/m0/s1. The highest BCUT2D eigenvalue weighted by Crippen LogP contribution is 2.58. The second-order valence-corrected chi connectivity index (χ2v) is 9.57. The van der Waals surface area contributed by atoms with E-state index in [0.717, 1.165) is 4.57 Å². The van der Waals surface area contributed by atoms with Gasteiger partial charge in [0.15, 0.2) is 6.23 Å². The van der Waals surface area contributed by atoms with Crippen molar-refractivity contribution in [3.8, 4) is 0 Å². The third kappa shape index (κ3) is 4.82. The van der Waals surface area contributed by atoms with Gasteiger partial charge in [-0.3, -0.25) is 18.1 Å². The summed E-state index contributed by atoms with van der Waals surface area (Å²) in [5.74, 6) is -0.0714. The molecule has 2 aliphatic heterocycles. The van der Waals surface area contributed by atoms with Crippen LogP contribution < -0.4 is 11.4 Å². The molecule has 0 saturated carbocycles. The number of halogens is 1. The van der Waals surface area contributed by atoms with Crippen LogP contribution in [0.1, 0.15) is 24.3 Å². The maximum Gasteiger partial charge on any atom is 0.475 e. The van der Waals surface area contributed by atoms with Gasteiger partial charge in [0.25, 0.3) is 0 Å². The number of benzene rings is 1. The third-order valence-electron chi connectivity index (χ3n) is 5.28. The van der Waals surface area contributed by atoms with Crippen molar-refractivity contribution in [2.24, 2.45) is 5.11 Å². The van der Waals surface area contributed by atoms with Crippen LogP contribution in [0.5, 0.6) is 0 Å². The highest BCUT2D eigenvalue weighted by atomic mass is 35.5. The first-order valence-electron chi connectivity index (χ1n) is 9.94. The summed E-state index contributed by atoms with van der Waals surface area (Å²) < 4.78 is 35.6. The van der Waals surface area contributed by atoms with Crippen molar-refractivity contribution in [1.29, 1.82) is 0 Å². The van der Waals surface area contributed by atoms with Crippen molar-refractivity contribution >= 4 is 25.2 Å². The normalized spacial score (nSPS) is 33.4. The second-order valence-electron chi connectivity index (χ2n) is 7.51. The predicted molar refractivity (Wildman–Crippen MR) is 116 cm³/mol. The number of anilines is 1. The average molecular weight is 515 g/mol. The van der Waals surface area contributed by atoms with Crippen LogP contribution in [-0.2, 0) is 22.9 Å². The minimum atomic E-state index is -4.22. The first kappa shape index (κ1) is 24.6. The lowest BCUT2D eigenvalue weighted by atomic mass is 10.1. The first-order chi connectivity index (χ1) is 16.2. The van der Waals surface area contributed by atoms with E-state index in [9.17, 15) is 19.6 Å². The molecule has 4 N–H and O–H groups in total. The number of ether oxygens (including phenoxy) is 1. The first-order valence-corrected chi connectivity index (χ1v) is 11.8. The van der Waals surface area contributed by atoms with Gasteiger partial charge in [0.1, 0.15) is 18.0 Å². The number of nitrogen functional groups attached to an aromatic ring is 1. The van der Waals surface area contributed by atoms with Gasteiger partial charge in [-0.05, 0) is 29.3 Å². The number of phosphoric ester groups is 1. The topological polar surface area (TPSA) is 204 Å². The van der Waals surface area contributed by atoms with Crippen molar-refractivity contribution in [3.05, 3.63) is 68.0 Å². The molecule has 0 amide bonds. The van der Waals surface area contributed by atoms with Crippen molar-refractivity contribution in [2.75, 3.05) is 18.9 Å². The van der Waals surface area contributed by atoms with Gasteiger partial charge in [0, 0.05) is 22.6 Å². The quantitative estimate of drug-likeness (QED) is 0.221. The molecule has 2 fully saturated rings. The predicted octanol–water partition coefficient (Wildman–Crippen LogP) is 2.04. The summed E-state index contributed by atoms with van der Waals surface area (Å²) in [4.78, 5) is 18.3. The Kier molecular flexibility index (Phi) is 6.97. The summed E-state index contributed by atoms with van der Waals surface area (Å²) in [7, 11) is -4.22. The molecule has 6 atom stereocenters. The van der Waals surface area contributed by atoms with E-state index in [1.165, 1.54) is 12.3 Å². The van der Waals surface area contributed by atoms with Gasteiger partial charge >= 0.3 is 13.5 Å². The van der Waals surface area contributed by atoms with Crippen LogP contribution in [0.15, 0.2) is 46.4 Å². The van der Waals surface area contributed by atoms with E-state index in [4.69, 9.17) is 41.2 Å². The number of nitrogens with two attached hydrogens (primary N) is 1. The van der Waals surface area contributed by atoms with E-state index in [-0.39, 0.29) is 12.4 Å². The van der Waals surface area contributed by atoms with E-state index in [1.54, 1.807) is 24.3 Å². The fourth-order valence-electron chi connectivity index (χ4n) is 3.60. The van der Waals surface area contributed by atoms with Crippen LogP contribution >= 0.6 is 19.4 Å². The van der Waals surface area contributed by atoms with E-state index < -0.39 is 50.4 Å². The Labute approximate surface area is 197 Å². The Bertz CT molecular complexity index is 1220. The monoisotopic (exact) mass is 514 g/mol. The number of hydrogen-bond donors (Lipinski definition) is 3. The van der Waals surface area contributed by atoms with Gasteiger partial charge in [-0.25, -0.2) is 9.36 Å². The van der Waals surface area contributed by atoms with E-state index >= 15 is 0 Å². The van der Waals surface area contributed by atoms with Crippen molar-refractivity contribution < 1.29 is 33.1 Å². The largest absolute Gasteiger partial charge is 0.475 e. The van der Waals surface area contributed by atoms with Crippen LogP contribution in [0, 0.1) is 0 Å². The highest BCUT2D eigenvalue weighted by molar-refractivity contribution is 7.48. The molecule has 1 unspecified atom stereocenters. The highest BCUT2D eigenvalue weighted by Gasteiger charge is 2.56. The van der Waals surface area contributed by atoms with Gasteiger partial charge in [-0.2, -0.15) is 4.98 Å². The molecule has 1 aromatic heterocycles. The van der Waals surface area contributed by atoms with Crippen LogP contribution in [-0.4, -0.2) is 50.9 Å². The number of aliphatic hydroxyl groups is 2. The smallest absolute Gasteiger partial charge is 0.387 e. The lowest BCUT2D eigenvalue weighted by Gasteiger charge is -2.32. The van der Waals surface area contributed by atoms with Crippen LogP contribution in [0.25, 0.3) is 10.4 Å². The maximum atomic E-state index is 13.1. The summed E-state index contributed by atoms with van der Waals surface area (Å²) in [6, 6.07) is 8.03. The SMILES string of the molecule is [N-]=[N+]=N[C@]1(COP2(=O)OCC[C@@H](c3cccc(Cl)c3)O2)O[C@@H](n2ccc(N)nc2=O)[C@H](O)[C@@H]1O. The van der Waals surface area contributed by atoms with Crippen LogP contribution in [0.2, 0.25) is 5.02 Å². The van der Waals surface area contributed by atoms with Crippen molar-refractivity contribution in [3.63, 3.8) is 0 Å². The van der Waals surface area contributed by atoms with Crippen molar-refractivity contribution in [2.45, 2.75) is 36.7 Å². The Morgan fingerprint density at radius 2 is 2.24 bits per heavy atom. The lowest BCUT2D eigenvalue weighted by molar-refractivity contribution is -0.126. The molecule has 1 aromatic carbocycles. The number of azide groups is 1. The number of nitrogens with zero attached hydrogens (tertiary/aromatic N) is 5. The summed E-state index contributed by atoms with van der Waals surface area (Å²) >= 11 is 6.01. The number of rotatable bonds is 6. The Balaban J connectivity index is 1.55. The zero-order chi connectivity index (χ0) is 24.5. The molecular formula is C18H20ClN6O8P. The molecule has 182 valence electrons. The minimum Gasteiger partial charge on any atom is -0.387 e. The summed E-state index contributed by atoms with van der Waals surface area (Å²) in [5, 5.41) is 25.0. The summed E-state index contributed by atoms with van der Waals surface area (Å²) in [5.41, 5.74) is 12.0. The molecule has 0 aliphatic carbocycles. The van der Waals surface area contributed by atoms with Gasteiger partial charge in [-0.1, -0.05) is 28.8 Å². The Morgan fingerprint density at radius 1 is 1.44 bits per heavy atom. The number of aromatic nitrogens is 2. The molecule has 3 heterocycles. The lowest BCUT2D eigenvalue weighted by Crippen LogP contribution is -2.45. The molecule has 0 radical (unpaired) electrons. The maximum absolute atomic E-state index is 13.1. The van der Waals surface area contributed by atoms with E-state index in [0.29, 0.717) is 17.0 Å². The number of aliphatic hydroxyl groups excluding tert-OH is 2. The van der Waals surface area contributed by atoms with Gasteiger partial charge < -0.3 is 20.7 Å². The average Bonchev–Trinajstić information content (AvgIpc) is 3.04. The molecular weight excluding hydrogens is 495 g/mol. The molecule has 14 nitrogen and oxygen atoms in total. The Hall–Kier alpha value is -2.51. The van der Waals surface area contributed by atoms with Crippen LogP contribution in [0.3, 0.4) is 0 Å². The molecule has 2 aliphatic rings. The zero-order valence-electron chi connectivity index (χ0n) is 17.4. The third-order valence-corrected chi connectivity index (χ3v) is 6.97. The minimum absolute atomic E-state index is 0.0180. The summed E-state index contributed by atoms with van der Waals surface area (Å²) in [6.07, 6.45) is -4.26. The fourth-order valence-corrected chi connectivity index (χ4v) is 5.21.